The van der Waals surface area contributed by atoms with Crippen LogP contribution in [0, 0.1) is 3.57 Å². The molecule has 0 saturated carbocycles. The van der Waals surface area contributed by atoms with Crippen molar-refractivity contribution in [2.75, 3.05) is 6.61 Å². The van der Waals surface area contributed by atoms with Crippen LogP contribution in [0.25, 0.3) is 0 Å². The summed E-state index contributed by atoms with van der Waals surface area (Å²) in [7, 11) is 0. The molecule has 0 fully saturated rings. The third-order valence-electron chi connectivity index (χ3n) is 2.78. The lowest BCUT2D eigenvalue weighted by Gasteiger charge is -2.15. The van der Waals surface area contributed by atoms with Crippen LogP contribution in [-0.4, -0.2) is 6.61 Å². The molecule has 0 heterocycles. The Hall–Kier alpha value is 0.410. The van der Waals surface area contributed by atoms with Gasteiger partial charge in [-0.05, 0) is 86.9 Å². The maximum atomic E-state index is 5.55. The second-order valence-corrected chi connectivity index (χ2v) is 8.00. The second-order valence-electron chi connectivity index (χ2n) is 4.15. The van der Waals surface area contributed by atoms with E-state index in [0.717, 1.165) is 14.7 Å². The zero-order chi connectivity index (χ0) is 14.7. The Morgan fingerprint density at radius 2 is 1.90 bits per heavy atom. The molecule has 0 radical (unpaired) electrons. The largest absolute Gasteiger partial charge is 0.493 e. The summed E-state index contributed by atoms with van der Waals surface area (Å²) < 4.78 is 8.85. The van der Waals surface area contributed by atoms with Crippen molar-refractivity contribution in [3.63, 3.8) is 0 Å². The predicted molar refractivity (Wildman–Crippen MR) is 103 cm³/mol. The molecular formula is C15H12Br3IO. The van der Waals surface area contributed by atoms with E-state index < -0.39 is 0 Å². The van der Waals surface area contributed by atoms with E-state index in [0.29, 0.717) is 6.61 Å². The average Bonchev–Trinajstić information content (AvgIpc) is 2.43. The van der Waals surface area contributed by atoms with Crippen LogP contribution in [0.15, 0.2) is 45.3 Å². The normalized spacial score (nSPS) is 12.2. The summed E-state index contributed by atoms with van der Waals surface area (Å²) >= 11 is 13.2. The van der Waals surface area contributed by atoms with E-state index in [9.17, 15) is 0 Å². The van der Waals surface area contributed by atoms with Crippen LogP contribution >= 0.6 is 70.4 Å². The van der Waals surface area contributed by atoms with Gasteiger partial charge in [0.2, 0.25) is 0 Å². The number of hydrogen-bond acceptors (Lipinski definition) is 1. The Morgan fingerprint density at radius 3 is 2.55 bits per heavy atom. The molecule has 2 aromatic rings. The van der Waals surface area contributed by atoms with Crippen LogP contribution in [0.2, 0.25) is 0 Å². The maximum absolute atomic E-state index is 5.55. The standard InChI is InChI=1S/C15H12Br3IO/c1-2-20-14-6-3-9(7-12(14)17)15(18)11-8-10(16)4-5-13(11)19/h3-8,15H,2H2,1H3. The number of halogens is 4. The van der Waals surface area contributed by atoms with Crippen molar-refractivity contribution in [2.24, 2.45) is 0 Å². The fourth-order valence-electron chi connectivity index (χ4n) is 1.84. The summed E-state index contributed by atoms with van der Waals surface area (Å²) in [6, 6.07) is 12.5. The molecule has 0 spiro atoms. The summed E-state index contributed by atoms with van der Waals surface area (Å²) in [4.78, 5) is 0.152. The van der Waals surface area contributed by atoms with E-state index in [2.05, 4.69) is 101 Å². The van der Waals surface area contributed by atoms with Crippen LogP contribution in [-0.2, 0) is 0 Å². The third-order valence-corrected chi connectivity index (χ3v) is 5.90. The highest BCUT2D eigenvalue weighted by Crippen LogP contribution is 2.38. The monoisotopic (exact) mass is 572 g/mol. The Balaban J connectivity index is 2.35. The Bertz CT molecular complexity index is 616. The summed E-state index contributed by atoms with van der Waals surface area (Å²) in [6.07, 6.45) is 0. The van der Waals surface area contributed by atoms with Gasteiger partial charge in [-0.1, -0.05) is 37.9 Å². The molecule has 106 valence electrons. The first-order valence-electron chi connectivity index (χ1n) is 6.04. The molecule has 1 unspecified atom stereocenters. The fourth-order valence-corrected chi connectivity index (χ4v) is 4.46. The van der Waals surface area contributed by atoms with E-state index in [1.807, 2.05) is 13.0 Å². The van der Waals surface area contributed by atoms with Gasteiger partial charge in [-0.25, -0.2) is 0 Å². The van der Waals surface area contributed by atoms with Gasteiger partial charge < -0.3 is 4.74 Å². The number of alkyl halides is 1. The minimum Gasteiger partial charge on any atom is -0.493 e. The Kier molecular flexibility index (Phi) is 6.38. The van der Waals surface area contributed by atoms with E-state index in [1.165, 1.54) is 14.7 Å². The first kappa shape index (κ1) is 16.8. The van der Waals surface area contributed by atoms with Crippen LogP contribution in [0.3, 0.4) is 0 Å². The molecule has 0 amide bonds. The van der Waals surface area contributed by atoms with E-state index >= 15 is 0 Å². The highest BCUT2D eigenvalue weighted by atomic mass is 127. The number of ether oxygens (including phenoxy) is 1. The van der Waals surface area contributed by atoms with Gasteiger partial charge in [0.1, 0.15) is 5.75 Å². The highest BCUT2D eigenvalue weighted by molar-refractivity contribution is 14.1. The summed E-state index contributed by atoms with van der Waals surface area (Å²) in [5.74, 6) is 0.875. The smallest absolute Gasteiger partial charge is 0.133 e. The summed E-state index contributed by atoms with van der Waals surface area (Å²) in [5.41, 5.74) is 2.44. The van der Waals surface area contributed by atoms with Gasteiger partial charge >= 0.3 is 0 Å². The van der Waals surface area contributed by atoms with Crippen molar-refractivity contribution >= 4 is 70.4 Å². The maximum Gasteiger partial charge on any atom is 0.133 e. The fraction of sp³-hybridized carbons (Fsp3) is 0.200. The lowest BCUT2D eigenvalue weighted by Crippen LogP contribution is -1.98. The molecule has 20 heavy (non-hydrogen) atoms. The number of rotatable bonds is 4. The van der Waals surface area contributed by atoms with Crippen molar-refractivity contribution in [1.29, 1.82) is 0 Å². The molecule has 0 saturated heterocycles. The minimum absolute atomic E-state index is 0.152. The van der Waals surface area contributed by atoms with Crippen LogP contribution in [0.1, 0.15) is 22.9 Å². The number of hydrogen-bond donors (Lipinski definition) is 0. The van der Waals surface area contributed by atoms with Gasteiger partial charge in [0.05, 0.1) is 15.9 Å². The zero-order valence-corrected chi connectivity index (χ0v) is 17.6. The lowest BCUT2D eigenvalue weighted by molar-refractivity contribution is 0.338. The van der Waals surface area contributed by atoms with Gasteiger partial charge in [0.25, 0.3) is 0 Å². The molecule has 1 nitrogen and oxygen atoms in total. The Morgan fingerprint density at radius 1 is 1.15 bits per heavy atom. The van der Waals surface area contributed by atoms with Crippen molar-refractivity contribution in [1.82, 2.24) is 0 Å². The van der Waals surface area contributed by atoms with Gasteiger partial charge in [-0.3, -0.25) is 0 Å². The molecule has 0 aliphatic rings. The third kappa shape index (κ3) is 3.99. The molecule has 0 aromatic heterocycles. The average molecular weight is 575 g/mol. The summed E-state index contributed by atoms with van der Waals surface area (Å²) in [5, 5.41) is 0. The quantitative estimate of drug-likeness (QED) is 0.292. The Labute approximate surface area is 158 Å². The zero-order valence-electron chi connectivity index (χ0n) is 10.7. The van der Waals surface area contributed by atoms with Crippen molar-refractivity contribution < 1.29 is 4.74 Å². The molecule has 2 rings (SSSR count). The lowest BCUT2D eigenvalue weighted by atomic mass is 10.0. The molecular weight excluding hydrogens is 563 g/mol. The number of benzene rings is 2. The van der Waals surface area contributed by atoms with Crippen LogP contribution < -0.4 is 4.74 Å². The highest BCUT2D eigenvalue weighted by Gasteiger charge is 2.15. The molecule has 0 aliphatic heterocycles. The molecule has 1 atom stereocenters. The molecule has 0 aliphatic carbocycles. The predicted octanol–water partition coefficient (Wildman–Crippen LogP) is 6.70. The molecule has 2 aromatic carbocycles. The molecule has 0 bridgehead atoms. The van der Waals surface area contributed by atoms with Gasteiger partial charge in [-0.15, -0.1) is 0 Å². The van der Waals surface area contributed by atoms with Gasteiger partial charge in [-0.2, -0.15) is 0 Å². The van der Waals surface area contributed by atoms with Crippen LogP contribution in [0.5, 0.6) is 5.75 Å². The minimum atomic E-state index is 0.152. The van der Waals surface area contributed by atoms with Crippen LogP contribution in [0.4, 0.5) is 0 Å². The molecule has 5 heteroatoms. The van der Waals surface area contributed by atoms with Gasteiger partial charge in [0, 0.05) is 8.04 Å². The van der Waals surface area contributed by atoms with E-state index in [1.54, 1.807) is 0 Å². The van der Waals surface area contributed by atoms with Crippen molar-refractivity contribution in [3.05, 3.63) is 60.0 Å². The van der Waals surface area contributed by atoms with E-state index in [4.69, 9.17) is 4.74 Å². The summed E-state index contributed by atoms with van der Waals surface area (Å²) in [6.45, 7) is 2.65. The second kappa shape index (κ2) is 7.61. The van der Waals surface area contributed by atoms with Crippen molar-refractivity contribution in [2.45, 2.75) is 11.8 Å². The first-order valence-corrected chi connectivity index (χ1v) is 9.62. The SMILES string of the molecule is CCOc1ccc(C(Br)c2cc(Br)ccc2I)cc1Br. The van der Waals surface area contributed by atoms with Crippen molar-refractivity contribution in [3.8, 4) is 5.75 Å². The van der Waals surface area contributed by atoms with E-state index in [-0.39, 0.29) is 4.83 Å². The first-order chi connectivity index (χ1) is 9.52. The van der Waals surface area contributed by atoms with Gasteiger partial charge in [0.15, 0.2) is 0 Å². The topological polar surface area (TPSA) is 9.23 Å². The molecule has 0 N–H and O–H groups in total.